The molecule has 1 amide bonds. The van der Waals surface area contributed by atoms with Crippen LogP contribution in [0.1, 0.15) is 41.3 Å². The lowest BCUT2D eigenvalue weighted by Gasteiger charge is -2.14. The van der Waals surface area contributed by atoms with Gasteiger partial charge in [0.1, 0.15) is 0 Å². The van der Waals surface area contributed by atoms with Crippen LogP contribution in [-0.4, -0.2) is 12.5 Å². The standard InChI is InChI=1S/C14H17NO/c1-2-10-15-14(16)13-9-5-7-11-6-3-4-8-12(11)13/h4-5,7-9H,2-3,6,10H2,1H3,(H,15,16). The fraction of sp³-hybridized carbons (Fsp3) is 0.357. The SMILES string of the molecule is CCCNC(=O)c1cccc2c1C=CCC2. The Labute approximate surface area is 96.4 Å². The van der Waals surface area contributed by atoms with E-state index in [4.69, 9.17) is 0 Å². The Morgan fingerprint density at radius 1 is 1.44 bits per heavy atom. The Kier molecular flexibility index (Phi) is 3.40. The Morgan fingerprint density at radius 2 is 2.31 bits per heavy atom. The molecule has 1 N–H and O–H groups in total. The summed E-state index contributed by atoms with van der Waals surface area (Å²) < 4.78 is 0. The molecule has 0 spiro atoms. The molecule has 2 nitrogen and oxygen atoms in total. The average Bonchev–Trinajstić information content (AvgIpc) is 2.35. The quantitative estimate of drug-likeness (QED) is 0.825. The van der Waals surface area contributed by atoms with E-state index in [0.29, 0.717) is 0 Å². The van der Waals surface area contributed by atoms with Crippen LogP contribution < -0.4 is 5.32 Å². The Balaban J connectivity index is 2.28. The van der Waals surface area contributed by atoms with Crippen molar-refractivity contribution in [3.8, 4) is 0 Å². The highest BCUT2D eigenvalue weighted by atomic mass is 16.1. The first-order chi connectivity index (χ1) is 7.83. The van der Waals surface area contributed by atoms with Gasteiger partial charge >= 0.3 is 0 Å². The van der Waals surface area contributed by atoms with Crippen LogP contribution in [0.25, 0.3) is 6.08 Å². The van der Waals surface area contributed by atoms with Crippen LogP contribution >= 0.6 is 0 Å². The number of carbonyl (C=O) groups is 1. The van der Waals surface area contributed by atoms with Gasteiger partial charge in [0.15, 0.2) is 0 Å². The summed E-state index contributed by atoms with van der Waals surface area (Å²) in [5.41, 5.74) is 3.19. The topological polar surface area (TPSA) is 29.1 Å². The highest BCUT2D eigenvalue weighted by molar-refractivity contribution is 5.98. The van der Waals surface area contributed by atoms with Crippen molar-refractivity contribution in [1.82, 2.24) is 5.32 Å². The van der Waals surface area contributed by atoms with Gasteiger partial charge in [0.25, 0.3) is 5.91 Å². The van der Waals surface area contributed by atoms with E-state index >= 15 is 0 Å². The minimum atomic E-state index is 0.0465. The number of aryl methyl sites for hydroxylation is 1. The summed E-state index contributed by atoms with van der Waals surface area (Å²) in [4.78, 5) is 11.9. The maximum Gasteiger partial charge on any atom is 0.251 e. The van der Waals surface area contributed by atoms with E-state index in [1.165, 1.54) is 5.56 Å². The maximum absolute atomic E-state index is 11.9. The largest absolute Gasteiger partial charge is 0.352 e. The molecule has 0 aromatic heterocycles. The summed E-state index contributed by atoms with van der Waals surface area (Å²) in [7, 11) is 0. The first-order valence-corrected chi connectivity index (χ1v) is 5.89. The number of fused-ring (bicyclic) bond motifs is 1. The van der Waals surface area contributed by atoms with Gasteiger partial charge in [0, 0.05) is 12.1 Å². The molecule has 0 unspecified atom stereocenters. The van der Waals surface area contributed by atoms with Crippen LogP contribution in [0.3, 0.4) is 0 Å². The molecule has 84 valence electrons. The lowest BCUT2D eigenvalue weighted by molar-refractivity contribution is 0.0953. The van der Waals surface area contributed by atoms with Crippen molar-refractivity contribution >= 4 is 12.0 Å². The van der Waals surface area contributed by atoms with E-state index in [1.54, 1.807) is 0 Å². The van der Waals surface area contributed by atoms with E-state index in [1.807, 2.05) is 12.1 Å². The van der Waals surface area contributed by atoms with E-state index in [-0.39, 0.29) is 5.91 Å². The predicted molar refractivity (Wildman–Crippen MR) is 66.4 cm³/mol. The molecule has 2 heteroatoms. The summed E-state index contributed by atoms with van der Waals surface area (Å²) in [5.74, 6) is 0.0465. The highest BCUT2D eigenvalue weighted by Crippen LogP contribution is 2.22. The van der Waals surface area contributed by atoms with Crippen molar-refractivity contribution in [3.05, 3.63) is 41.0 Å². The van der Waals surface area contributed by atoms with Crippen molar-refractivity contribution in [3.63, 3.8) is 0 Å². The molecule has 0 saturated heterocycles. The van der Waals surface area contributed by atoms with Gasteiger partial charge in [-0.3, -0.25) is 4.79 Å². The maximum atomic E-state index is 11.9. The molecule has 1 aromatic rings. The first kappa shape index (κ1) is 10.9. The molecule has 0 atom stereocenters. The van der Waals surface area contributed by atoms with E-state index in [0.717, 1.165) is 36.9 Å². The summed E-state index contributed by atoms with van der Waals surface area (Å²) in [6.07, 6.45) is 7.29. The third-order valence-electron chi connectivity index (χ3n) is 2.84. The molecule has 1 aromatic carbocycles. The lowest BCUT2D eigenvalue weighted by atomic mass is 9.93. The average molecular weight is 215 g/mol. The highest BCUT2D eigenvalue weighted by Gasteiger charge is 2.13. The van der Waals surface area contributed by atoms with E-state index < -0.39 is 0 Å². The normalized spacial score (nSPS) is 13.3. The van der Waals surface area contributed by atoms with Crippen molar-refractivity contribution in [2.45, 2.75) is 26.2 Å². The number of allylic oxidation sites excluding steroid dienone is 1. The van der Waals surface area contributed by atoms with Crippen LogP contribution in [0.4, 0.5) is 0 Å². The lowest BCUT2D eigenvalue weighted by Crippen LogP contribution is -2.25. The third kappa shape index (κ3) is 2.16. The minimum absolute atomic E-state index is 0.0465. The van der Waals surface area contributed by atoms with Crippen LogP contribution in [0.15, 0.2) is 24.3 Å². The zero-order valence-electron chi connectivity index (χ0n) is 9.62. The van der Waals surface area contributed by atoms with E-state index in [2.05, 4.69) is 30.5 Å². The molecule has 16 heavy (non-hydrogen) atoms. The Hall–Kier alpha value is -1.57. The number of benzene rings is 1. The zero-order chi connectivity index (χ0) is 11.4. The molecule has 0 bridgehead atoms. The van der Waals surface area contributed by atoms with Crippen molar-refractivity contribution < 1.29 is 4.79 Å². The Bertz CT molecular complexity index is 421. The number of amides is 1. The van der Waals surface area contributed by atoms with Gasteiger partial charge in [-0.15, -0.1) is 0 Å². The number of nitrogens with one attached hydrogen (secondary N) is 1. The van der Waals surface area contributed by atoms with Gasteiger partial charge < -0.3 is 5.32 Å². The number of hydrogen-bond acceptors (Lipinski definition) is 1. The molecule has 0 heterocycles. The van der Waals surface area contributed by atoms with Gasteiger partial charge in [0.2, 0.25) is 0 Å². The molecular formula is C14H17NO. The van der Waals surface area contributed by atoms with Gasteiger partial charge in [-0.05, 0) is 36.5 Å². The number of hydrogen-bond donors (Lipinski definition) is 1. The summed E-state index contributed by atoms with van der Waals surface area (Å²) in [6.45, 7) is 2.80. The second-order valence-electron chi connectivity index (χ2n) is 4.08. The molecule has 0 saturated carbocycles. The number of carbonyl (C=O) groups excluding carboxylic acids is 1. The van der Waals surface area contributed by atoms with Gasteiger partial charge in [-0.2, -0.15) is 0 Å². The fourth-order valence-corrected chi connectivity index (χ4v) is 2.00. The first-order valence-electron chi connectivity index (χ1n) is 5.89. The van der Waals surface area contributed by atoms with E-state index in [9.17, 15) is 4.79 Å². The Morgan fingerprint density at radius 3 is 3.12 bits per heavy atom. The van der Waals surface area contributed by atoms with Gasteiger partial charge in [-0.1, -0.05) is 31.2 Å². The van der Waals surface area contributed by atoms with Crippen LogP contribution in [0.2, 0.25) is 0 Å². The molecule has 0 fully saturated rings. The van der Waals surface area contributed by atoms with Crippen molar-refractivity contribution in [1.29, 1.82) is 0 Å². The predicted octanol–water partition coefficient (Wildman–Crippen LogP) is 2.79. The third-order valence-corrected chi connectivity index (χ3v) is 2.84. The molecular weight excluding hydrogens is 198 g/mol. The second-order valence-corrected chi connectivity index (χ2v) is 4.08. The summed E-state index contributed by atoms with van der Waals surface area (Å²) >= 11 is 0. The smallest absolute Gasteiger partial charge is 0.251 e. The van der Waals surface area contributed by atoms with Crippen LogP contribution in [0.5, 0.6) is 0 Å². The second kappa shape index (κ2) is 4.97. The van der Waals surface area contributed by atoms with Crippen molar-refractivity contribution in [2.24, 2.45) is 0 Å². The molecule has 0 aliphatic heterocycles. The summed E-state index contributed by atoms with van der Waals surface area (Å²) in [6, 6.07) is 5.98. The number of rotatable bonds is 3. The van der Waals surface area contributed by atoms with Gasteiger partial charge in [-0.25, -0.2) is 0 Å². The molecule has 0 radical (unpaired) electrons. The molecule has 2 rings (SSSR count). The molecule has 1 aliphatic carbocycles. The van der Waals surface area contributed by atoms with Crippen LogP contribution in [0, 0.1) is 0 Å². The zero-order valence-corrected chi connectivity index (χ0v) is 9.62. The van der Waals surface area contributed by atoms with Gasteiger partial charge in [0.05, 0.1) is 0 Å². The van der Waals surface area contributed by atoms with Crippen molar-refractivity contribution in [2.75, 3.05) is 6.54 Å². The molecule has 1 aliphatic rings. The monoisotopic (exact) mass is 215 g/mol. The fourth-order valence-electron chi connectivity index (χ4n) is 2.00. The van der Waals surface area contributed by atoms with Crippen LogP contribution in [-0.2, 0) is 6.42 Å². The minimum Gasteiger partial charge on any atom is -0.352 e. The summed E-state index contributed by atoms with van der Waals surface area (Å²) in [5, 5.41) is 2.93.